The Bertz CT molecular complexity index is 1260. The number of unbranched alkanes of at least 4 members (excludes halogenated alkanes) is 60. The number of ether oxygens (including phenoxy) is 1. The first-order chi connectivity index (χ1) is 41.0. The van der Waals surface area contributed by atoms with Crippen LogP contribution in [0.1, 0.15) is 444 Å². The number of hydrogen-bond acceptors (Lipinski definition) is 5. The van der Waals surface area contributed by atoms with Gasteiger partial charge in [-0.3, -0.25) is 9.59 Å². The second-order valence-electron chi connectivity index (χ2n) is 26.7. The van der Waals surface area contributed by atoms with Crippen LogP contribution < -0.4 is 5.32 Å². The van der Waals surface area contributed by atoms with Crippen molar-refractivity contribution in [1.29, 1.82) is 0 Å². The second kappa shape index (κ2) is 73.1. The normalized spacial score (nSPS) is 12.5. The van der Waals surface area contributed by atoms with E-state index in [0.717, 1.165) is 38.5 Å². The highest BCUT2D eigenvalue weighted by molar-refractivity contribution is 5.76. The molecule has 6 heteroatoms. The monoisotopic (exact) mass is 1170 g/mol. The largest absolute Gasteiger partial charge is 0.466 e. The molecule has 0 heterocycles. The predicted octanol–water partition coefficient (Wildman–Crippen LogP) is 25.1. The van der Waals surface area contributed by atoms with Gasteiger partial charge in [0.2, 0.25) is 5.91 Å². The summed E-state index contributed by atoms with van der Waals surface area (Å²) in [5.74, 6) is -0.00952. The molecule has 1 amide bonds. The number of esters is 1. The third-order valence-corrected chi connectivity index (χ3v) is 18.3. The number of carbonyl (C=O) groups excluding carboxylic acids is 2. The fraction of sp³-hybridized carbons (Fsp3) is 0.948. The number of allylic oxidation sites excluding steroid dienone is 2. The molecule has 6 nitrogen and oxygen atoms in total. The lowest BCUT2D eigenvalue weighted by Crippen LogP contribution is -2.45. The lowest BCUT2D eigenvalue weighted by molar-refractivity contribution is -0.143. The van der Waals surface area contributed by atoms with E-state index in [2.05, 4.69) is 31.3 Å². The minimum Gasteiger partial charge on any atom is -0.466 e. The summed E-state index contributed by atoms with van der Waals surface area (Å²) in [5, 5.41) is 23.4. The Hall–Kier alpha value is -1.40. The van der Waals surface area contributed by atoms with Gasteiger partial charge in [-0.15, -0.1) is 0 Å². The molecule has 0 aromatic rings. The first-order valence-electron chi connectivity index (χ1n) is 38.4. The minimum absolute atomic E-state index is 0.0209. The van der Waals surface area contributed by atoms with Crippen LogP contribution in [0, 0.1) is 0 Å². The van der Waals surface area contributed by atoms with Gasteiger partial charge in [0.1, 0.15) is 0 Å². The maximum absolute atomic E-state index is 12.6. The maximum atomic E-state index is 12.6. The fourth-order valence-electron chi connectivity index (χ4n) is 12.5. The minimum atomic E-state index is -0.665. The van der Waals surface area contributed by atoms with Crippen LogP contribution in [0.25, 0.3) is 0 Å². The molecule has 83 heavy (non-hydrogen) atoms. The molecule has 0 rings (SSSR count). The summed E-state index contributed by atoms with van der Waals surface area (Å²) in [6.45, 7) is 5.01. The zero-order chi connectivity index (χ0) is 59.9. The highest BCUT2D eigenvalue weighted by atomic mass is 16.5. The van der Waals surface area contributed by atoms with E-state index in [4.69, 9.17) is 4.74 Å². The third kappa shape index (κ3) is 69.6. The SMILES string of the molecule is CCCCCCCCCCCCCCCCCCCCCCCC(O)C(CO)NC(=O)CCCCCCCCCCCCC/C=C\CCCCCCCCCCCCCCOC(=O)CCCCCCCCCCCCCCCCCCCC. The molecular formula is C77H151NO5. The van der Waals surface area contributed by atoms with Crippen molar-refractivity contribution in [3.8, 4) is 0 Å². The summed E-state index contributed by atoms with van der Waals surface area (Å²) in [6, 6.07) is -0.543. The molecule has 0 aliphatic heterocycles. The van der Waals surface area contributed by atoms with Crippen LogP contribution in [-0.4, -0.2) is 47.4 Å². The topological polar surface area (TPSA) is 95.9 Å². The summed E-state index contributed by atoms with van der Waals surface area (Å²) >= 11 is 0. The number of aliphatic hydroxyl groups excluding tert-OH is 2. The lowest BCUT2D eigenvalue weighted by Gasteiger charge is -2.22. The van der Waals surface area contributed by atoms with E-state index in [-0.39, 0.29) is 18.5 Å². The highest BCUT2D eigenvalue weighted by Gasteiger charge is 2.20. The van der Waals surface area contributed by atoms with E-state index in [1.165, 1.54) is 372 Å². The average Bonchev–Trinajstić information content (AvgIpc) is 3.49. The van der Waals surface area contributed by atoms with Crippen LogP contribution in [0.2, 0.25) is 0 Å². The van der Waals surface area contributed by atoms with E-state index in [9.17, 15) is 19.8 Å². The van der Waals surface area contributed by atoms with Crippen molar-refractivity contribution in [2.24, 2.45) is 0 Å². The van der Waals surface area contributed by atoms with Crippen molar-refractivity contribution >= 4 is 11.9 Å². The summed E-state index contributed by atoms with van der Waals surface area (Å²) < 4.78 is 5.51. The van der Waals surface area contributed by atoms with Gasteiger partial charge in [0.15, 0.2) is 0 Å². The number of nitrogens with one attached hydrogen (secondary N) is 1. The number of rotatable bonds is 73. The zero-order valence-corrected chi connectivity index (χ0v) is 56.7. The Kier molecular flexibility index (Phi) is 71.8. The molecule has 2 unspecified atom stereocenters. The van der Waals surface area contributed by atoms with E-state index in [1.54, 1.807) is 0 Å². The molecule has 0 aromatic heterocycles. The number of carbonyl (C=O) groups is 2. The molecule has 0 spiro atoms. The second-order valence-corrected chi connectivity index (χ2v) is 26.7. The highest BCUT2D eigenvalue weighted by Crippen LogP contribution is 2.20. The van der Waals surface area contributed by atoms with Crippen molar-refractivity contribution in [3.05, 3.63) is 12.2 Å². The summed E-state index contributed by atoms with van der Waals surface area (Å²) in [5.41, 5.74) is 0. The Morgan fingerprint density at radius 2 is 0.566 bits per heavy atom. The molecule has 0 aromatic carbocycles. The quantitative estimate of drug-likeness (QED) is 0.0320. The molecule has 0 saturated heterocycles. The van der Waals surface area contributed by atoms with Gasteiger partial charge in [-0.05, 0) is 51.4 Å². The lowest BCUT2D eigenvalue weighted by atomic mass is 10.0. The van der Waals surface area contributed by atoms with Gasteiger partial charge in [-0.2, -0.15) is 0 Å². The Labute approximate surface area is 520 Å². The summed E-state index contributed by atoms with van der Waals surface area (Å²) in [6.07, 6.45) is 91.4. The first-order valence-corrected chi connectivity index (χ1v) is 38.4. The number of hydrogen-bond donors (Lipinski definition) is 3. The van der Waals surface area contributed by atoms with E-state index in [0.29, 0.717) is 25.9 Å². The molecule has 2 atom stereocenters. The van der Waals surface area contributed by atoms with Crippen molar-refractivity contribution in [2.75, 3.05) is 13.2 Å². The van der Waals surface area contributed by atoms with E-state index < -0.39 is 12.1 Å². The predicted molar refractivity (Wildman–Crippen MR) is 366 cm³/mol. The van der Waals surface area contributed by atoms with Gasteiger partial charge < -0.3 is 20.3 Å². The summed E-state index contributed by atoms with van der Waals surface area (Å²) in [7, 11) is 0. The van der Waals surface area contributed by atoms with E-state index >= 15 is 0 Å². The van der Waals surface area contributed by atoms with Crippen LogP contribution >= 0.6 is 0 Å². The van der Waals surface area contributed by atoms with Gasteiger partial charge in [-0.25, -0.2) is 0 Å². The van der Waals surface area contributed by atoms with Crippen LogP contribution in [0.5, 0.6) is 0 Å². The Morgan fingerprint density at radius 3 is 0.855 bits per heavy atom. The first kappa shape index (κ1) is 81.6. The van der Waals surface area contributed by atoms with Gasteiger partial charge in [0.05, 0.1) is 25.4 Å². The molecule has 3 N–H and O–H groups in total. The average molecular weight is 1170 g/mol. The summed E-state index contributed by atoms with van der Waals surface area (Å²) in [4.78, 5) is 24.7. The standard InChI is InChI=1S/C77H151NO5/c1-3-5-7-9-11-13-15-17-19-21-23-31-34-37-41-45-49-53-57-61-65-69-75(80)74(73-79)78-76(81)70-66-62-58-54-50-46-42-38-35-32-29-27-25-24-26-28-30-33-36-40-44-48-52-56-60-64-68-72-83-77(82)71-67-63-59-55-51-47-43-39-22-20-18-16-14-12-10-8-6-4-2/h24-25,74-75,79-80H,3-23,26-73H2,1-2H3,(H,78,81)/b25-24-. The van der Waals surface area contributed by atoms with Crippen LogP contribution in [-0.2, 0) is 14.3 Å². The molecule has 0 aliphatic rings. The molecular weight excluding hydrogens is 1020 g/mol. The Balaban J connectivity index is 3.36. The van der Waals surface area contributed by atoms with Gasteiger partial charge >= 0.3 is 5.97 Å². The zero-order valence-electron chi connectivity index (χ0n) is 56.7. The molecule has 0 radical (unpaired) electrons. The van der Waals surface area contributed by atoms with Crippen molar-refractivity contribution < 1.29 is 24.5 Å². The number of amides is 1. The van der Waals surface area contributed by atoms with Gasteiger partial charge in [0, 0.05) is 12.8 Å². The number of aliphatic hydroxyl groups is 2. The maximum Gasteiger partial charge on any atom is 0.305 e. The van der Waals surface area contributed by atoms with Crippen molar-refractivity contribution in [1.82, 2.24) is 5.32 Å². The molecule has 0 fully saturated rings. The molecule has 494 valence electrons. The third-order valence-electron chi connectivity index (χ3n) is 18.3. The fourth-order valence-corrected chi connectivity index (χ4v) is 12.5. The van der Waals surface area contributed by atoms with Gasteiger partial charge in [-0.1, -0.05) is 392 Å². The van der Waals surface area contributed by atoms with Crippen molar-refractivity contribution in [2.45, 2.75) is 456 Å². The van der Waals surface area contributed by atoms with Gasteiger partial charge in [0.25, 0.3) is 0 Å². The Morgan fingerprint density at radius 1 is 0.325 bits per heavy atom. The van der Waals surface area contributed by atoms with Crippen LogP contribution in [0.15, 0.2) is 12.2 Å². The van der Waals surface area contributed by atoms with Crippen LogP contribution in [0.4, 0.5) is 0 Å². The molecule has 0 bridgehead atoms. The van der Waals surface area contributed by atoms with Crippen LogP contribution in [0.3, 0.4) is 0 Å². The molecule has 0 aliphatic carbocycles. The van der Waals surface area contributed by atoms with Crippen molar-refractivity contribution in [3.63, 3.8) is 0 Å². The van der Waals surface area contributed by atoms with E-state index in [1.807, 2.05) is 0 Å². The molecule has 0 saturated carbocycles. The smallest absolute Gasteiger partial charge is 0.305 e.